The summed E-state index contributed by atoms with van der Waals surface area (Å²) in [5, 5.41) is -0.607. The average molecular weight is 556 g/mol. The van der Waals surface area contributed by atoms with E-state index in [1.165, 1.54) is 19.9 Å². The Balaban J connectivity index is 0.000000289. The fraction of sp³-hybridized carbons (Fsp3) is 0.100. The van der Waals surface area contributed by atoms with E-state index in [2.05, 4.69) is 0 Å². The molecule has 1 heteroatoms. The van der Waals surface area contributed by atoms with Crippen molar-refractivity contribution in [1.29, 1.82) is 0 Å². The molecule has 202 valence electrons. The molecule has 0 amide bonds. The number of benzene rings is 6. The van der Waals surface area contributed by atoms with Crippen molar-refractivity contribution in [1.82, 2.24) is 4.57 Å². The zero-order valence-corrected chi connectivity index (χ0v) is 22.5. The van der Waals surface area contributed by atoms with Crippen molar-refractivity contribution < 1.29 is 32.9 Å². The van der Waals surface area contributed by atoms with Crippen LogP contribution in [-0.4, -0.2) is 4.57 Å². The molecule has 0 bridgehead atoms. The molecule has 0 radical (unpaired) electrons. The molecule has 7 rings (SSSR count). The topological polar surface area (TPSA) is 4.93 Å². The van der Waals surface area contributed by atoms with Crippen LogP contribution in [0.1, 0.15) is 57.9 Å². The Morgan fingerprint density at radius 1 is 0.463 bits per heavy atom. The third kappa shape index (κ3) is 6.00. The van der Waals surface area contributed by atoms with E-state index in [4.69, 9.17) is 32.9 Å². The lowest BCUT2D eigenvalue weighted by Gasteiger charge is -2.09. The molecule has 0 aliphatic heterocycles. The van der Waals surface area contributed by atoms with Crippen LogP contribution < -0.4 is 0 Å². The summed E-state index contributed by atoms with van der Waals surface area (Å²) in [6.07, 6.45) is 0. The summed E-state index contributed by atoms with van der Waals surface area (Å²) in [5.74, 6) is 0. The highest BCUT2D eigenvalue weighted by Crippen LogP contribution is 2.32. The fourth-order valence-electron chi connectivity index (χ4n) is 3.75. The Morgan fingerprint density at radius 2 is 0.976 bits per heavy atom. The number of fused-ring (bicyclic) bond motifs is 3. The van der Waals surface area contributed by atoms with Gasteiger partial charge in [0.2, 0.25) is 0 Å². The average Bonchev–Trinajstić information content (AvgIpc) is 3.64. The van der Waals surface area contributed by atoms with Crippen LogP contribution in [0, 0.1) is 13.8 Å². The van der Waals surface area contributed by atoms with Crippen molar-refractivity contribution in [2.45, 2.75) is 27.7 Å². The molecule has 41 heavy (non-hydrogen) atoms. The quantitative estimate of drug-likeness (QED) is 0.204. The van der Waals surface area contributed by atoms with Gasteiger partial charge in [-0.1, -0.05) is 146 Å². The second-order valence-corrected chi connectivity index (χ2v) is 8.08. The normalized spacial score (nSPS) is 18.6. The van der Waals surface area contributed by atoms with E-state index < -0.39 is 137 Å². The van der Waals surface area contributed by atoms with Crippen LogP contribution >= 0.6 is 0 Å². The fourth-order valence-corrected chi connectivity index (χ4v) is 3.75. The van der Waals surface area contributed by atoms with Gasteiger partial charge in [0.25, 0.3) is 0 Å². The Bertz CT molecular complexity index is 3020. The molecule has 6 aromatic carbocycles. The first-order valence-electron chi connectivity index (χ1n) is 24.5. The summed E-state index contributed by atoms with van der Waals surface area (Å²) in [7, 11) is 0. The highest BCUT2D eigenvalue weighted by Gasteiger charge is 2.11. The van der Waals surface area contributed by atoms with Crippen LogP contribution in [0.3, 0.4) is 0 Å². The largest absolute Gasteiger partial charge is 0.309 e. The molecule has 0 aliphatic rings. The van der Waals surface area contributed by atoms with Crippen molar-refractivity contribution >= 4 is 21.8 Å². The number of aromatic nitrogens is 1. The van der Waals surface area contributed by atoms with Gasteiger partial charge in [-0.15, -0.1) is 0 Å². The summed E-state index contributed by atoms with van der Waals surface area (Å²) in [5.41, 5.74) is -1.92. The van der Waals surface area contributed by atoms with E-state index in [1.807, 2.05) is 13.8 Å². The lowest BCUT2D eigenvalue weighted by Crippen LogP contribution is -1.93. The highest BCUT2D eigenvalue weighted by atomic mass is 15.0. The molecule has 0 saturated heterocycles. The maximum atomic E-state index is 8.87. The molecule has 1 aromatic heterocycles. The molecule has 0 fully saturated rings. The minimum absolute atomic E-state index is 0.0224. The van der Waals surface area contributed by atoms with Crippen LogP contribution in [0.25, 0.3) is 49.7 Å². The minimum atomic E-state index is -0.804. The molecule has 0 aliphatic carbocycles. The number of rotatable bonds is 3. The van der Waals surface area contributed by atoms with Crippen LogP contribution in [0.15, 0.2) is 151 Å². The van der Waals surface area contributed by atoms with Gasteiger partial charge in [0.05, 0.1) is 43.9 Å². The third-order valence-electron chi connectivity index (χ3n) is 5.56. The van der Waals surface area contributed by atoms with Gasteiger partial charge in [0.1, 0.15) is 0 Å². The van der Waals surface area contributed by atoms with E-state index in [1.54, 1.807) is 0 Å². The van der Waals surface area contributed by atoms with E-state index in [9.17, 15) is 0 Å². The van der Waals surface area contributed by atoms with Crippen LogP contribution in [0.4, 0.5) is 0 Å². The van der Waals surface area contributed by atoms with Crippen molar-refractivity contribution in [2.75, 3.05) is 0 Å². The minimum Gasteiger partial charge on any atom is -0.309 e. The zero-order valence-electron chi connectivity index (χ0n) is 46.5. The summed E-state index contributed by atoms with van der Waals surface area (Å²) in [6.45, 7) is 6.88. The molecule has 0 N–H and O–H groups in total. The predicted octanol–water partition coefficient (Wildman–Crippen LogP) is 11.4. The Kier molecular flexibility index (Phi) is 3.43. The molecule has 0 saturated carbocycles. The van der Waals surface area contributed by atoms with Gasteiger partial charge in [0, 0.05) is 16.5 Å². The molecule has 0 atom stereocenters. The maximum absolute atomic E-state index is 8.87. The number of para-hydroxylation sites is 2. The monoisotopic (exact) mass is 555 g/mol. The summed E-state index contributed by atoms with van der Waals surface area (Å²) < 4.78 is 198. The highest BCUT2D eigenvalue weighted by molar-refractivity contribution is 6.09. The first-order chi connectivity index (χ1) is 30.2. The lowest BCUT2D eigenvalue weighted by atomic mass is 10.0. The van der Waals surface area contributed by atoms with Gasteiger partial charge < -0.3 is 4.57 Å². The van der Waals surface area contributed by atoms with Crippen molar-refractivity contribution in [3.05, 3.63) is 162 Å². The van der Waals surface area contributed by atoms with Gasteiger partial charge in [-0.3, -0.25) is 0 Å². The summed E-state index contributed by atoms with van der Waals surface area (Å²) >= 11 is 0. The smallest absolute Gasteiger partial charge is 0.0645 e. The van der Waals surface area contributed by atoms with E-state index in [0.29, 0.717) is 0 Å². The molecule has 1 heterocycles. The third-order valence-corrected chi connectivity index (χ3v) is 5.56. The number of nitrogens with zero attached hydrogens (tertiary/aromatic N) is 1. The summed E-state index contributed by atoms with van der Waals surface area (Å²) in [4.78, 5) is 0. The molecular weight excluding hydrogens is 494 g/mol. The van der Waals surface area contributed by atoms with Gasteiger partial charge >= 0.3 is 0 Å². The van der Waals surface area contributed by atoms with E-state index >= 15 is 0 Å². The van der Waals surface area contributed by atoms with E-state index in [0.717, 1.165) is 4.57 Å². The van der Waals surface area contributed by atoms with Gasteiger partial charge in [-0.2, -0.15) is 0 Å². The molecule has 0 unspecified atom stereocenters. The Labute approximate surface area is 278 Å². The van der Waals surface area contributed by atoms with Crippen molar-refractivity contribution in [3.8, 4) is 27.9 Å². The van der Waals surface area contributed by atoms with Crippen molar-refractivity contribution in [2.24, 2.45) is 0 Å². The second kappa shape index (κ2) is 13.0. The van der Waals surface area contributed by atoms with Crippen LogP contribution in [-0.2, 0) is 0 Å². The van der Waals surface area contributed by atoms with Crippen LogP contribution in [0.2, 0.25) is 0 Å². The number of hydrogen-bond donors (Lipinski definition) is 0. The summed E-state index contributed by atoms with van der Waals surface area (Å²) in [6, 6.07) is -12.1. The Hall–Kier alpha value is -4.88. The van der Waals surface area contributed by atoms with Gasteiger partial charge in [-0.05, 0) is 65.8 Å². The predicted molar refractivity (Wildman–Crippen MR) is 179 cm³/mol. The number of hydrogen-bond acceptors (Lipinski definition) is 0. The molecule has 1 nitrogen and oxygen atoms in total. The Morgan fingerprint density at radius 3 is 1.61 bits per heavy atom. The maximum Gasteiger partial charge on any atom is 0.0645 e. The first kappa shape index (κ1) is 10.8. The second-order valence-electron chi connectivity index (χ2n) is 8.08. The van der Waals surface area contributed by atoms with Gasteiger partial charge in [0.15, 0.2) is 0 Å². The van der Waals surface area contributed by atoms with Crippen LogP contribution in [0.5, 0.6) is 0 Å². The first-order valence-corrected chi connectivity index (χ1v) is 12.5. The molecule has 7 aromatic rings. The standard InChI is InChI=1S/C25H19N.C13H12.C2H6/c1-18-10-12-19(13-11-18)20-14-16-21(17-15-20)26-24-8-4-2-6-22(24)23-7-3-5-9-25(23)26;1-11-7-5-6-10-13(11)12-8-3-2-4-9-12;1-2/h2-17H,1H3;2-10H,1H3;1-2H3/i2D,3D,4D,5D,6D,7D,8D,9D,10D,11D,12D,13D,14D,15D,16D,17D;2D,3D,4D,5D,6D,7D,8D,10D;. The van der Waals surface area contributed by atoms with Crippen molar-refractivity contribution in [3.63, 3.8) is 0 Å². The SMILES string of the molecule is CC.[2H]c1c([2H])c(-c2c([2H])c([2H])c(-n3c4c([2H])c([2H])c([2H])c([2H])c4c4c([2H])c([2H])c([2H])c([2H])c43)c([2H])c2[2H])c([2H])c([2H])c1C.[2H]c1cc(-c2c([2H])c([2H])c([2H])c([2H])c2C)c([2H])c([2H])c1[2H]. The zero-order chi connectivity index (χ0) is 49.5. The molecule has 0 spiro atoms. The van der Waals surface area contributed by atoms with Gasteiger partial charge in [-0.25, -0.2) is 0 Å². The lowest BCUT2D eigenvalue weighted by molar-refractivity contribution is 1.18. The molecular formula is C40H37N. The van der Waals surface area contributed by atoms with E-state index in [-0.39, 0.29) is 69.3 Å².